The Labute approximate surface area is 220 Å². The van der Waals surface area contributed by atoms with E-state index in [0.717, 1.165) is 10.4 Å². The van der Waals surface area contributed by atoms with Crippen molar-refractivity contribution in [1.82, 2.24) is 29.4 Å². The number of piperidine rings is 1. The maximum absolute atomic E-state index is 13.9. The first-order valence-corrected chi connectivity index (χ1v) is 13.4. The first-order chi connectivity index (χ1) is 17.5. The van der Waals surface area contributed by atoms with Crippen molar-refractivity contribution in [3.63, 3.8) is 0 Å². The van der Waals surface area contributed by atoms with Crippen LogP contribution in [0.4, 0.5) is 10.6 Å². The zero-order valence-electron chi connectivity index (χ0n) is 22.2. The van der Waals surface area contributed by atoms with Gasteiger partial charge in [0.2, 0.25) is 0 Å². The second kappa shape index (κ2) is 10.5. The van der Waals surface area contributed by atoms with Crippen LogP contribution in [0.15, 0.2) is 17.8 Å². The number of thiazole rings is 1. The number of nitrogens with one attached hydrogen (secondary N) is 1. The first kappa shape index (κ1) is 26.6. The predicted molar refractivity (Wildman–Crippen MR) is 143 cm³/mol. The molecule has 1 aliphatic heterocycles. The van der Waals surface area contributed by atoms with Gasteiger partial charge in [-0.05, 0) is 32.1 Å². The number of fused-ring (bicyclic) bond motifs is 1. The molecule has 4 rings (SSSR count). The Bertz CT molecular complexity index is 1270. The van der Waals surface area contributed by atoms with E-state index in [1.54, 1.807) is 22.7 Å². The molecule has 1 fully saturated rings. The van der Waals surface area contributed by atoms with Crippen LogP contribution in [0.25, 0.3) is 16.2 Å². The second-order valence-corrected chi connectivity index (χ2v) is 11.3. The number of amides is 2. The third-order valence-corrected chi connectivity index (χ3v) is 7.87. The van der Waals surface area contributed by atoms with Gasteiger partial charge in [-0.3, -0.25) is 4.79 Å². The summed E-state index contributed by atoms with van der Waals surface area (Å²) in [5, 5.41) is 19.1. The SMILES string of the molecule is CCOc1c(N[C@H](C)C(C)(C)C)nc(-c2cnn3ccsc23)nc1C(=O)N1CCC(N(C)C(=O)O)CC1. The zero-order chi connectivity index (χ0) is 26.9. The Morgan fingerprint density at radius 1 is 1.30 bits per heavy atom. The van der Waals surface area contributed by atoms with Gasteiger partial charge in [0.1, 0.15) is 4.83 Å². The second-order valence-electron chi connectivity index (χ2n) is 10.4. The number of anilines is 1. The summed E-state index contributed by atoms with van der Waals surface area (Å²) in [6.07, 6.45) is 3.72. The molecule has 1 aliphatic rings. The largest absolute Gasteiger partial charge is 0.488 e. The summed E-state index contributed by atoms with van der Waals surface area (Å²) in [5.74, 6) is 0.929. The molecule has 0 radical (unpaired) electrons. The fraction of sp³-hybridized carbons (Fsp3) is 0.560. The number of ether oxygens (including phenoxy) is 1. The van der Waals surface area contributed by atoms with Crippen LogP contribution in [0.2, 0.25) is 0 Å². The lowest BCUT2D eigenvalue weighted by Gasteiger charge is -2.35. The van der Waals surface area contributed by atoms with E-state index in [9.17, 15) is 14.7 Å². The third kappa shape index (κ3) is 5.48. The highest BCUT2D eigenvalue weighted by Crippen LogP contribution is 2.35. The Hall–Kier alpha value is -3.41. The van der Waals surface area contributed by atoms with Crippen LogP contribution in [-0.2, 0) is 0 Å². The summed E-state index contributed by atoms with van der Waals surface area (Å²) in [5.41, 5.74) is 0.854. The molecule has 3 aromatic heterocycles. The van der Waals surface area contributed by atoms with Gasteiger partial charge in [-0.2, -0.15) is 5.10 Å². The summed E-state index contributed by atoms with van der Waals surface area (Å²) in [6.45, 7) is 11.5. The van der Waals surface area contributed by atoms with Crippen LogP contribution in [0.1, 0.15) is 57.9 Å². The van der Waals surface area contributed by atoms with Crippen molar-refractivity contribution in [3.05, 3.63) is 23.5 Å². The molecule has 0 aromatic carbocycles. The minimum Gasteiger partial charge on any atom is -0.488 e. The predicted octanol–water partition coefficient (Wildman–Crippen LogP) is 4.31. The lowest BCUT2D eigenvalue weighted by Crippen LogP contribution is -2.47. The van der Waals surface area contributed by atoms with Crippen LogP contribution < -0.4 is 10.1 Å². The number of likely N-dealkylation sites (tertiary alicyclic amines) is 1. The van der Waals surface area contributed by atoms with Crippen LogP contribution in [0, 0.1) is 5.41 Å². The summed E-state index contributed by atoms with van der Waals surface area (Å²) >= 11 is 1.52. The van der Waals surface area contributed by atoms with E-state index in [0.29, 0.717) is 49.9 Å². The monoisotopic (exact) mass is 529 g/mol. The van der Waals surface area contributed by atoms with Gasteiger partial charge in [0, 0.05) is 43.8 Å². The van der Waals surface area contributed by atoms with E-state index < -0.39 is 6.09 Å². The lowest BCUT2D eigenvalue weighted by molar-refractivity contribution is 0.0634. The normalized spacial score (nSPS) is 15.6. The molecule has 2 amide bonds. The molecule has 0 saturated carbocycles. The maximum atomic E-state index is 13.9. The number of carbonyl (C=O) groups is 2. The highest BCUT2D eigenvalue weighted by atomic mass is 32.1. The van der Waals surface area contributed by atoms with Crippen molar-refractivity contribution in [2.24, 2.45) is 5.41 Å². The van der Waals surface area contributed by atoms with Gasteiger partial charge >= 0.3 is 6.09 Å². The van der Waals surface area contributed by atoms with E-state index in [-0.39, 0.29) is 29.1 Å². The third-order valence-electron chi connectivity index (χ3n) is 6.98. The van der Waals surface area contributed by atoms with Crippen molar-refractivity contribution in [2.75, 3.05) is 32.1 Å². The van der Waals surface area contributed by atoms with Crippen molar-refractivity contribution in [3.8, 4) is 17.1 Å². The van der Waals surface area contributed by atoms with Crippen molar-refractivity contribution in [2.45, 2.75) is 59.5 Å². The number of carbonyl (C=O) groups excluding carboxylic acids is 1. The van der Waals surface area contributed by atoms with Gasteiger partial charge in [-0.1, -0.05) is 20.8 Å². The molecule has 2 N–H and O–H groups in total. The van der Waals surface area contributed by atoms with E-state index in [2.05, 4.69) is 38.1 Å². The average Bonchev–Trinajstić information content (AvgIpc) is 3.48. The molecule has 11 nitrogen and oxygen atoms in total. The Morgan fingerprint density at radius 3 is 2.62 bits per heavy atom. The molecule has 0 bridgehead atoms. The van der Waals surface area contributed by atoms with Gasteiger partial charge in [0.05, 0.1) is 18.4 Å². The number of hydrogen-bond donors (Lipinski definition) is 2. The van der Waals surface area contributed by atoms with Crippen molar-refractivity contribution >= 4 is 34.0 Å². The first-order valence-electron chi connectivity index (χ1n) is 12.5. The van der Waals surface area contributed by atoms with Gasteiger partial charge < -0.3 is 25.0 Å². The highest BCUT2D eigenvalue weighted by molar-refractivity contribution is 7.16. The van der Waals surface area contributed by atoms with E-state index in [1.165, 1.54) is 16.2 Å². The zero-order valence-corrected chi connectivity index (χ0v) is 23.0. The molecule has 0 aliphatic carbocycles. The summed E-state index contributed by atoms with van der Waals surface area (Å²) in [6, 6.07) is -0.105. The van der Waals surface area contributed by atoms with E-state index >= 15 is 0 Å². The molecule has 37 heavy (non-hydrogen) atoms. The molecule has 1 saturated heterocycles. The lowest BCUT2D eigenvalue weighted by atomic mass is 9.88. The van der Waals surface area contributed by atoms with E-state index in [1.807, 2.05) is 18.5 Å². The molecule has 4 heterocycles. The van der Waals surface area contributed by atoms with E-state index in [4.69, 9.17) is 14.7 Å². The minimum absolute atomic E-state index is 0.0219. The van der Waals surface area contributed by atoms with Crippen LogP contribution >= 0.6 is 11.3 Å². The Kier molecular flexibility index (Phi) is 7.58. The standard InChI is InChI=1S/C25H35N7O4S/c1-7-36-19-18(22(33)31-10-8-16(9-11-31)30(6)24(34)35)28-20(17-14-26-32-12-13-37-23(17)32)29-21(19)27-15(2)25(3,4)5/h12-16H,7-11H2,1-6H3,(H,34,35)(H,27,28,29)/t15-/m1/s1. The molecule has 1 atom stereocenters. The Morgan fingerprint density at radius 2 is 2.00 bits per heavy atom. The highest BCUT2D eigenvalue weighted by Gasteiger charge is 2.32. The molecule has 0 unspecified atom stereocenters. The molecule has 200 valence electrons. The van der Waals surface area contributed by atoms with Crippen molar-refractivity contribution in [1.29, 1.82) is 0 Å². The molecular weight excluding hydrogens is 494 g/mol. The fourth-order valence-corrected chi connectivity index (χ4v) is 4.95. The number of carboxylic acid groups (broad SMARTS) is 1. The maximum Gasteiger partial charge on any atom is 0.407 e. The van der Waals surface area contributed by atoms with Gasteiger partial charge in [0.15, 0.2) is 23.1 Å². The topological polar surface area (TPSA) is 125 Å². The number of nitrogens with zero attached hydrogens (tertiary/aromatic N) is 6. The number of rotatable bonds is 7. The fourth-order valence-electron chi connectivity index (χ4n) is 4.16. The van der Waals surface area contributed by atoms with Gasteiger partial charge in [-0.15, -0.1) is 11.3 Å². The van der Waals surface area contributed by atoms with Crippen molar-refractivity contribution < 1.29 is 19.4 Å². The van der Waals surface area contributed by atoms with Crippen LogP contribution in [-0.4, -0.2) is 85.3 Å². The Balaban J connectivity index is 1.75. The van der Waals surface area contributed by atoms with Crippen LogP contribution in [0.5, 0.6) is 5.75 Å². The minimum atomic E-state index is -0.964. The molecular formula is C25H35N7O4S. The smallest absolute Gasteiger partial charge is 0.407 e. The summed E-state index contributed by atoms with van der Waals surface area (Å²) in [7, 11) is 1.57. The molecule has 12 heteroatoms. The number of aromatic nitrogens is 4. The van der Waals surface area contributed by atoms with Crippen LogP contribution in [0.3, 0.4) is 0 Å². The molecule has 3 aromatic rings. The van der Waals surface area contributed by atoms with Gasteiger partial charge in [0.25, 0.3) is 5.91 Å². The summed E-state index contributed by atoms with van der Waals surface area (Å²) in [4.78, 5) is 38.7. The quantitative estimate of drug-likeness (QED) is 0.464. The van der Waals surface area contributed by atoms with Gasteiger partial charge in [-0.25, -0.2) is 19.3 Å². The average molecular weight is 530 g/mol. The molecule has 0 spiro atoms. The number of hydrogen-bond acceptors (Lipinski definition) is 8. The summed E-state index contributed by atoms with van der Waals surface area (Å²) < 4.78 is 7.75.